The maximum atomic E-state index is 13.4. The molecule has 10 heteroatoms. The molecule has 9 nitrogen and oxygen atoms in total. The molecule has 4 heterocycles. The van der Waals surface area contributed by atoms with E-state index in [2.05, 4.69) is 15.7 Å². The normalized spacial score (nSPS) is 14.0. The number of anilines is 2. The molecule has 0 fully saturated rings. The molecule has 0 spiro atoms. The van der Waals surface area contributed by atoms with Crippen LogP contribution in [0.1, 0.15) is 16.8 Å². The Morgan fingerprint density at radius 2 is 1.58 bits per heavy atom. The van der Waals surface area contributed by atoms with E-state index in [1.165, 1.54) is 0 Å². The zero-order valence-corrected chi connectivity index (χ0v) is 20.2. The second kappa shape index (κ2) is 8.35. The number of rotatable bonds is 4. The van der Waals surface area contributed by atoms with Gasteiger partial charge in [-0.15, -0.1) is 0 Å². The Labute approximate surface area is 207 Å². The summed E-state index contributed by atoms with van der Waals surface area (Å²) in [5.41, 5.74) is 4.86. The van der Waals surface area contributed by atoms with Crippen LogP contribution in [0.3, 0.4) is 0 Å². The lowest BCUT2D eigenvalue weighted by molar-refractivity contribution is 0.262. The first-order valence-corrected chi connectivity index (χ1v) is 13.2. The van der Waals surface area contributed by atoms with E-state index in [4.69, 9.17) is 4.98 Å². The quantitative estimate of drug-likeness (QED) is 0.377. The number of hydrogen-bond donors (Lipinski definition) is 2. The molecular formula is C26H22N6O3S. The molecule has 3 aromatic heterocycles. The number of imidazole rings is 1. The van der Waals surface area contributed by atoms with E-state index in [9.17, 15) is 13.2 Å². The van der Waals surface area contributed by atoms with Gasteiger partial charge in [0.2, 0.25) is 0 Å². The average Bonchev–Trinajstić information content (AvgIpc) is 3.49. The Morgan fingerprint density at radius 3 is 2.33 bits per heavy atom. The highest BCUT2D eigenvalue weighted by Crippen LogP contribution is 2.34. The molecule has 0 aliphatic carbocycles. The van der Waals surface area contributed by atoms with Gasteiger partial charge in [0.15, 0.2) is 9.84 Å². The van der Waals surface area contributed by atoms with E-state index in [1.54, 1.807) is 4.68 Å². The highest BCUT2D eigenvalue weighted by atomic mass is 32.2. The first-order valence-electron chi connectivity index (χ1n) is 11.4. The minimum atomic E-state index is -3.31. The number of urea groups is 1. The van der Waals surface area contributed by atoms with Crippen LogP contribution in [0.2, 0.25) is 0 Å². The number of nitrogens with one attached hydrogen (secondary N) is 2. The number of fused-ring (bicyclic) bond motifs is 2. The van der Waals surface area contributed by atoms with Crippen LogP contribution in [0.15, 0.2) is 79.0 Å². The largest absolute Gasteiger partial charge is 0.326 e. The van der Waals surface area contributed by atoms with Crippen LogP contribution in [-0.2, 0) is 21.3 Å². The molecule has 0 unspecified atom stereocenters. The standard InChI is InChI=1S/C26H22N6O3S/c1-17-9-8-14-31-23(17)27-22(18-10-4-2-5-11-18)25(31)29-26(33)28-24-20-15-36(34,35)16-21(20)30-32(24)19-12-6-3-7-13-19/h2-14H,15-16H2,1H3,(H2,28,29,33). The zero-order valence-electron chi connectivity index (χ0n) is 19.3. The van der Waals surface area contributed by atoms with Crippen molar-refractivity contribution in [2.75, 3.05) is 10.6 Å². The van der Waals surface area contributed by atoms with E-state index in [0.717, 1.165) is 22.5 Å². The van der Waals surface area contributed by atoms with Crippen molar-refractivity contribution in [2.45, 2.75) is 18.4 Å². The van der Waals surface area contributed by atoms with Gasteiger partial charge in [-0.3, -0.25) is 15.0 Å². The summed E-state index contributed by atoms with van der Waals surface area (Å²) in [6, 6.07) is 22.2. The molecule has 0 atom stereocenters. The number of para-hydroxylation sites is 1. The lowest BCUT2D eigenvalue weighted by Crippen LogP contribution is -2.23. The Hall–Kier alpha value is -4.44. The van der Waals surface area contributed by atoms with E-state index < -0.39 is 15.9 Å². The fourth-order valence-electron chi connectivity index (χ4n) is 4.49. The van der Waals surface area contributed by atoms with Crippen molar-refractivity contribution < 1.29 is 13.2 Å². The predicted octanol–water partition coefficient (Wildman–Crippen LogP) is 4.57. The number of amides is 2. The molecule has 0 radical (unpaired) electrons. The van der Waals surface area contributed by atoms with Crippen LogP contribution in [-0.4, -0.2) is 33.6 Å². The molecule has 0 saturated heterocycles. The molecule has 6 rings (SSSR count). The molecule has 180 valence electrons. The van der Waals surface area contributed by atoms with Gasteiger partial charge in [0, 0.05) is 17.3 Å². The number of sulfone groups is 1. The second-order valence-corrected chi connectivity index (χ2v) is 10.8. The monoisotopic (exact) mass is 498 g/mol. The number of aromatic nitrogens is 4. The van der Waals surface area contributed by atoms with Crippen molar-refractivity contribution in [3.05, 3.63) is 95.8 Å². The Kier molecular flexibility index (Phi) is 5.11. The van der Waals surface area contributed by atoms with Crippen LogP contribution < -0.4 is 10.6 Å². The number of pyridine rings is 1. The smallest absolute Gasteiger partial charge is 0.292 e. The van der Waals surface area contributed by atoms with Crippen molar-refractivity contribution in [1.29, 1.82) is 0 Å². The SMILES string of the molecule is Cc1cccn2c(NC(=O)Nc3c4c(nn3-c3ccccc3)CS(=O)(=O)C4)c(-c3ccccc3)nc12. The highest BCUT2D eigenvalue weighted by Gasteiger charge is 2.33. The fraction of sp³-hybridized carbons (Fsp3) is 0.115. The van der Waals surface area contributed by atoms with Crippen LogP contribution in [0.25, 0.3) is 22.6 Å². The first kappa shape index (κ1) is 22.1. The number of hydrogen-bond acceptors (Lipinski definition) is 5. The summed E-state index contributed by atoms with van der Waals surface area (Å²) in [4.78, 5) is 18.2. The summed E-state index contributed by atoms with van der Waals surface area (Å²) in [5.74, 6) is 0.520. The third-order valence-corrected chi connectivity index (χ3v) is 7.59. The topological polar surface area (TPSA) is 110 Å². The predicted molar refractivity (Wildman–Crippen MR) is 138 cm³/mol. The molecule has 1 aliphatic rings. The molecule has 2 amide bonds. The molecule has 2 N–H and O–H groups in total. The van der Waals surface area contributed by atoms with Crippen LogP contribution in [0.4, 0.5) is 16.4 Å². The van der Waals surface area contributed by atoms with Crippen molar-refractivity contribution >= 4 is 33.2 Å². The van der Waals surface area contributed by atoms with E-state index in [0.29, 0.717) is 28.6 Å². The van der Waals surface area contributed by atoms with E-state index in [-0.39, 0.29) is 11.5 Å². The van der Waals surface area contributed by atoms with Gasteiger partial charge >= 0.3 is 6.03 Å². The fourth-order valence-corrected chi connectivity index (χ4v) is 5.99. The lowest BCUT2D eigenvalue weighted by atomic mass is 10.1. The minimum Gasteiger partial charge on any atom is -0.292 e. The van der Waals surface area contributed by atoms with Crippen LogP contribution >= 0.6 is 0 Å². The van der Waals surface area contributed by atoms with Gasteiger partial charge in [0.05, 0.1) is 22.9 Å². The van der Waals surface area contributed by atoms with Crippen LogP contribution in [0.5, 0.6) is 0 Å². The van der Waals surface area contributed by atoms with Gasteiger partial charge in [0.1, 0.15) is 23.0 Å². The Morgan fingerprint density at radius 1 is 0.889 bits per heavy atom. The van der Waals surface area contributed by atoms with Gasteiger partial charge in [-0.25, -0.2) is 22.9 Å². The number of benzene rings is 2. The molecule has 36 heavy (non-hydrogen) atoms. The summed E-state index contributed by atoms with van der Waals surface area (Å²) in [7, 11) is -3.31. The molecule has 1 aliphatic heterocycles. The Bertz CT molecular complexity index is 1720. The maximum absolute atomic E-state index is 13.4. The summed E-state index contributed by atoms with van der Waals surface area (Å²) in [6.07, 6.45) is 1.84. The number of aryl methyl sites for hydroxylation is 1. The first-order chi connectivity index (χ1) is 17.4. The van der Waals surface area contributed by atoms with Gasteiger partial charge in [0.25, 0.3) is 0 Å². The van der Waals surface area contributed by atoms with Crippen molar-refractivity contribution in [3.63, 3.8) is 0 Å². The molecule has 5 aromatic rings. The van der Waals surface area contributed by atoms with Crippen molar-refractivity contribution in [1.82, 2.24) is 19.2 Å². The van der Waals surface area contributed by atoms with Gasteiger partial charge < -0.3 is 0 Å². The number of carbonyl (C=O) groups excluding carboxylic acids is 1. The summed E-state index contributed by atoms with van der Waals surface area (Å²) >= 11 is 0. The number of carbonyl (C=O) groups is 1. The zero-order chi connectivity index (χ0) is 24.9. The van der Waals surface area contributed by atoms with E-state index in [1.807, 2.05) is 90.3 Å². The molecule has 2 aromatic carbocycles. The van der Waals surface area contributed by atoms with Crippen LogP contribution in [0, 0.1) is 6.92 Å². The molecule has 0 bridgehead atoms. The molecule has 0 saturated carbocycles. The van der Waals surface area contributed by atoms with Crippen molar-refractivity contribution in [3.8, 4) is 16.9 Å². The minimum absolute atomic E-state index is 0.150. The third kappa shape index (κ3) is 3.81. The van der Waals surface area contributed by atoms with Gasteiger partial charge in [-0.2, -0.15) is 5.10 Å². The maximum Gasteiger partial charge on any atom is 0.326 e. The lowest BCUT2D eigenvalue weighted by Gasteiger charge is -2.13. The third-order valence-electron chi connectivity index (χ3n) is 6.14. The summed E-state index contributed by atoms with van der Waals surface area (Å²) in [5, 5.41) is 10.3. The van der Waals surface area contributed by atoms with Gasteiger partial charge in [-0.05, 0) is 30.7 Å². The average molecular weight is 499 g/mol. The Balaban J connectivity index is 1.41. The van der Waals surface area contributed by atoms with E-state index >= 15 is 0 Å². The molecular weight excluding hydrogens is 476 g/mol. The highest BCUT2D eigenvalue weighted by molar-refractivity contribution is 7.90. The second-order valence-electron chi connectivity index (χ2n) is 8.69. The van der Waals surface area contributed by atoms with Gasteiger partial charge in [-0.1, -0.05) is 54.6 Å². The summed E-state index contributed by atoms with van der Waals surface area (Å²) < 4.78 is 28.0. The van der Waals surface area contributed by atoms with Crippen molar-refractivity contribution in [2.24, 2.45) is 0 Å². The summed E-state index contributed by atoms with van der Waals surface area (Å²) in [6.45, 7) is 1.96. The number of nitrogens with zero attached hydrogens (tertiary/aromatic N) is 4.